The van der Waals surface area contributed by atoms with E-state index >= 15 is 0 Å². The van der Waals surface area contributed by atoms with Crippen LogP contribution in [0.25, 0.3) is 0 Å². The fraction of sp³-hybridized carbons (Fsp3) is 0.364. The Kier molecular flexibility index (Phi) is 6.07. The number of methoxy groups -OCH3 is 1. The fourth-order valence-electron chi connectivity index (χ4n) is 2.95. The first-order valence-electron chi connectivity index (χ1n) is 9.31. The molecule has 0 radical (unpaired) electrons. The van der Waals surface area contributed by atoms with Crippen molar-refractivity contribution in [1.29, 1.82) is 0 Å². The molecule has 154 valence electrons. The molecular weight excluding hydrogens is 390 g/mol. The molecule has 29 heavy (non-hydrogen) atoms. The van der Waals surface area contributed by atoms with Gasteiger partial charge in [-0.25, -0.2) is 9.59 Å². The van der Waals surface area contributed by atoms with Gasteiger partial charge in [-0.3, -0.25) is 0 Å². The fourth-order valence-corrected chi connectivity index (χ4v) is 4.24. The molecule has 1 saturated heterocycles. The van der Waals surface area contributed by atoms with Crippen LogP contribution in [0.5, 0.6) is 5.75 Å². The summed E-state index contributed by atoms with van der Waals surface area (Å²) in [5.41, 5.74) is 0.259. The molecule has 0 aliphatic carbocycles. The minimum Gasteiger partial charge on any atom is -0.497 e. The van der Waals surface area contributed by atoms with Crippen molar-refractivity contribution >= 4 is 23.8 Å². The normalized spacial score (nSPS) is 19.0. The van der Waals surface area contributed by atoms with Crippen LogP contribution in [0.3, 0.4) is 0 Å². The van der Waals surface area contributed by atoms with Gasteiger partial charge in [0.05, 0.1) is 13.7 Å². The molecule has 7 heteroatoms. The molecule has 0 spiro atoms. The van der Waals surface area contributed by atoms with Crippen LogP contribution < -0.4 is 4.74 Å². The second kappa shape index (κ2) is 8.37. The molecule has 1 atom stereocenters. The molecule has 0 aromatic heterocycles. The third-order valence-electron chi connectivity index (χ3n) is 4.27. The minimum atomic E-state index is -0.979. The van der Waals surface area contributed by atoms with E-state index in [1.165, 1.54) is 11.8 Å². The number of rotatable bonds is 5. The van der Waals surface area contributed by atoms with Gasteiger partial charge >= 0.3 is 12.1 Å². The number of hydroxylamine groups is 2. The van der Waals surface area contributed by atoms with Crippen LogP contribution in [-0.4, -0.2) is 41.1 Å². The predicted octanol–water partition coefficient (Wildman–Crippen LogP) is 4.48. The molecule has 1 amide bonds. The van der Waals surface area contributed by atoms with Crippen LogP contribution in [0.4, 0.5) is 4.79 Å². The highest BCUT2D eigenvalue weighted by Crippen LogP contribution is 2.41. The molecule has 1 aliphatic rings. The first kappa shape index (κ1) is 21.0. The van der Waals surface area contributed by atoms with E-state index in [4.69, 9.17) is 14.3 Å². The van der Waals surface area contributed by atoms with Crippen LogP contribution in [-0.2, 0) is 20.8 Å². The Morgan fingerprint density at radius 1 is 1.14 bits per heavy atom. The number of ether oxygens (including phenoxy) is 2. The van der Waals surface area contributed by atoms with E-state index < -0.39 is 22.4 Å². The zero-order valence-corrected chi connectivity index (χ0v) is 17.8. The quantitative estimate of drug-likeness (QED) is 0.718. The maximum atomic E-state index is 13.0. The highest BCUT2D eigenvalue weighted by atomic mass is 32.2. The van der Waals surface area contributed by atoms with Crippen molar-refractivity contribution in [3.05, 3.63) is 60.2 Å². The summed E-state index contributed by atoms with van der Waals surface area (Å²) in [4.78, 5) is 31.7. The SMILES string of the molecule is COc1ccc(C[C@]2(Sc3ccccc3)CN(C(=O)OC(C)(C)C)OC2=O)cc1. The maximum Gasteiger partial charge on any atom is 0.443 e. The van der Waals surface area contributed by atoms with E-state index in [0.717, 1.165) is 21.3 Å². The molecule has 2 aromatic rings. The molecule has 2 aromatic carbocycles. The summed E-state index contributed by atoms with van der Waals surface area (Å²) >= 11 is 1.40. The summed E-state index contributed by atoms with van der Waals surface area (Å²) in [5, 5.41) is 1.02. The van der Waals surface area contributed by atoms with Gasteiger partial charge in [-0.15, -0.1) is 16.8 Å². The van der Waals surface area contributed by atoms with Gasteiger partial charge in [0.25, 0.3) is 0 Å². The van der Waals surface area contributed by atoms with Crippen molar-refractivity contribution in [2.75, 3.05) is 13.7 Å². The molecule has 1 aliphatic heterocycles. The third kappa shape index (κ3) is 5.23. The number of amides is 1. The second-order valence-corrected chi connectivity index (χ2v) is 9.29. The van der Waals surface area contributed by atoms with Crippen molar-refractivity contribution < 1.29 is 23.9 Å². The Balaban J connectivity index is 1.88. The van der Waals surface area contributed by atoms with Crippen molar-refractivity contribution in [1.82, 2.24) is 5.06 Å². The highest BCUT2D eigenvalue weighted by Gasteiger charge is 2.52. The zero-order valence-electron chi connectivity index (χ0n) is 17.0. The smallest absolute Gasteiger partial charge is 0.443 e. The zero-order chi connectivity index (χ0) is 21.1. The maximum absolute atomic E-state index is 13.0. The summed E-state index contributed by atoms with van der Waals surface area (Å²) < 4.78 is 9.61. The summed E-state index contributed by atoms with van der Waals surface area (Å²) in [5.74, 6) is 0.274. The summed E-state index contributed by atoms with van der Waals surface area (Å²) in [6, 6.07) is 17.1. The number of carbonyl (C=O) groups excluding carboxylic acids is 2. The predicted molar refractivity (Wildman–Crippen MR) is 111 cm³/mol. The number of nitrogens with zero attached hydrogens (tertiary/aromatic N) is 1. The van der Waals surface area contributed by atoms with Crippen molar-refractivity contribution in [3.8, 4) is 5.75 Å². The molecule has 0 N–H and O–H groups in total. The molecule has 1 fully saturated rings. The number of hydrogen-bond donors (Lipinski definition) is 0. The molecule has 3 rings (SSSR count). The van der Waals surface area contributed by atoms with Crippen LogP contribution in [0.2, 0.25) is 0 Å². The van der Waals surface area contributed by atoms with E-state index in [1.807, 2.05) is 54.6 Å². The number of hydrogen-bond acceptors (Lipinski definition) is 6. The molecule has 0 bridgehead atoms. The monoisotopic (exact) mass is 415 g/mol. The Labute approximate surface area is 175 Å². The van der Waals surface area contributed by atoms with Gasteiger partial charge in [0.1, 0.15) is 16.1 Å². The first-order chi connectivity index (χ1) is 13.7. The number of thioether (sulfide) groups is 1. The lowest BCUT2D eigenvalue weighted by molar-refractivity contribution is -0.166. The number of benzene rings is 2. The summed E-state index contributed by atoms with van der Waals surface area (Å²) in [7, 11) is 1.61. The van der Waals surface area contributed by atoms with E-state index in [-0.39, 0.29) is 6.54 Å². The Hall–Kier alpha value is -2.67. The lowest BCUT2D eigenvalue weighted by Gasteiger charge is -2.25. The van der Waals surface area contributed by atoms with E-state index in [1.54, 1.807) is 27.9 Å². The summed E-state index contributed by atoms with van der Waals surface area (Å²) in [6.07, 6.45) is -0.273. The Bertz CT molecular complexity index is 863. The van der Waals surface area contributed by atoms with Gasteiger partial charge in [-0.2, -0.15) is 0 Å². The lowest BCUT2D eigenvalue weighted by atomic mass is 9.99. The van der Waals surface area contributed by atoms with Gasteiger partial charge in [0.15, 0.2) is 0 Å². The molecular formula is C22H25NO5S. The largest absolute Gasteiger partial charge is 0.497 e. The van der Waals surface area contributed by atoms with Crippen LogP contribution in [0.1, 0.15) is 26.3 Å². The van der Waals surface area contributed by atoms with Crippen molar-refractivity contribution in [2.24, 2.45) is 0 Å². The first-order valence-corrected chi connectivity index (χ1v) is 10.1. The lowest BCUT2D eigenvalue weighted by Crippen LogP contribution is -2.40. The third-order valence-corrected chi connectivity index (χ3v) is 5.61. The topological polar surface area (TPSA) is 65.1 Å². The Morgan fingerprint density at radius 3 is 2.38 bits per heavy atom. The van der Waals surface area contributed by atoms with E-state index in [0.29, 0.717) is 6.42 Å². The van der Waals surface area contributed by atoms with Gasteiger partial charge in [-0.05, 0) is 50.6 Å². The van der Waals surface area contributed by atoms with Crippen LogP contribution >= 0.6 is 11.8 Å². The Morgan fingerprint density at radius 2 is 1.79 bits per heavy atom. The van der Waals surface area contributed by atoms with E-state index in [9.17, 15) is 9.59 Å². The van der Waals surface area contributed by atoms with Gasteiger partial charge < -0.3 is 14.3 Å². The average molecular weight is 416 g/mol. The molecule has 0 unspecified atom stereocenters. The van der Waals surface area contributed by atoms with Crippen molar-refractivity contribution in [2.45, 2.75) is 42.4 Å². The standard InChI is InChI=1S/C22H25NO5S/c1-21(2,3)27-20(25)23-15-22(19(24)28-23,29-18-8-6-5-7-9-18)14-16-10-12-17(26-4)13-11-16/h5-13H,14-15H2,1-4H3/t22-/m0/s1. The van der Waals surface area contributed by atoms with Crippen LogP contribution in [0.15, 0.2) is 59.5 Å². The molecule has 1 heterocycles. The van der Waals surface area contributed by atoms with Crippen molar-refractivity contribution in [3.63, 3.8) is 0 Å². The molecule has 6 nitrogen and oxygen atoms in total. The van der Waals surface area contributed by atoms with Crippen LogP contribution in [0, 0.1) is 0 Å². The summed E-state index contributed by atoms with van der Waals surface area (Å²) in [6.45, 7) is 5.40. The highest BCUT2D eigenvalue weighted by molar-refractivity contribution is 8.01. The van der Waals surface area contributed by atoms with Gasteiger partial charge in [-0.1, -0.05) is 30.3 Å². The van der Waals surface area contributed by atoms with E-state index in [2.05, 4.69) is 0 Å². The second-order valence-electron chi connectivity index (χ2n) is 7.83. The van der Waals surface area contributed by atoms with Gasteiger partial charge in [0, 0.05) is 11.3 Å². The number of carbonyl (C=O) groups is 2. The van der Waals surface area contributed by atoms with Gasteiger partial charge in [0.2, 0.25) is 0 Å². The minimum absolute atomic E-state index is 0.0896. The average Bonchev–Trinajstić information content (AvgIpc) is 2.98. The molecule has 0 saturated carbocycles.